The molecule has 1 aromatic carbocycles. The smallest absolute Gasteiger partial charge is 0.248 e. The minimum Gasteiger partial charge on any atom is -0.420 e. The molecule has 3 nitrogen and oxygen atoms in total. The second kappa shape index (κ2) is 5.41. The molecule has 0 amide bonds. The van der Waals surface area contributed by atoms with Crippen LogP contribution in [-0.4, -0.2) is 10.2 Å². The van der Waals surface area contributed by atoms with Crippen LogP contribution >= 0.6 is 15.9 Å². The largest absolute Gasteiger partial charge is 0.420 e. The van der Waals surface area contributed by atoms with Crippen molar-refractivity contribution in [1.82, 2.24) is 10.2 Å². The Bertz CT molecular complexity index is 579. The quantitative estimate of drug-likeness (QED) is 0.804. The van der Waals surface area contributed by atoms with Crippen LogP contribution < -0.4 is 0 Å². The highest BCUT2D eigenvalue weighted by Gasteiger charge is 2.22. The Morgan fingerprint density at radius 2 is 1.95 bits per heavy atom. The van der Waals surface area contributed by atoms with Crippen LogP contribution in [0.3, 0.4) is 0 Å². The molecular formula is C14H14BrFN2O. The number of rotatable bonds is 2. The predicted molar refractivity (Wildman–Crippen MR) is 73.2 cm³/mol. The third kappa shape index (κ3) is 2.71. The van der Waals surface area contributed by atoms with E-state index in [2.05, 4.69) is 26.1 Å². The summed E-state index contributed by atoms with van der Waals surface area (Å²) in [6, 6.07) is 4.45. The van der Waals surface area contributed by atoms with Gasteiger partial charge in [-0.05, 0) is 47.0 Å². The van der Waals surface area contributed by atoms with Gasteiger partial charge in [0.15, 0.2) is 0 Å². The van der Waals surface area contributed by atoms with Crippen molar-refractivity contribution >= 4 is 15.9 Å². The molecule has 0 spiro atoms. The first kappa shape index (κ1) is 12.8. The van der Waals surface area contributed by atoms with Gasteiger partial charge >= 0.3 is 0 Å². The Kier molecular flexibility index (Phi) is 3.64. The lowest BCUT2D eigenvalue weighted by molar-refractivity contribution is 0.367. The van der Waals surface area contributed by atoms with E-state index in [0.717, 1.165) is 17.3 Å². The molecule has 100 valence electrons. The van der Waals surface area contributed by atoms with E-state index in [1.807, 2.05) is 0 Å². The lowest BCUT2D eigenvalue weighted by Gasteiger charge is -2.17. The first-order valence-corrected chi connectivity index (χ1v) is 7.32. The van der Waals surface area contributed by atoms with Crippen LogP contribution in [-0.2, 0) is 0 Å². The average molecular weight is 325 g/mol. The van der Waals surface area contributed by atoms with E-state index >= 15 is 0 Å². The van der Waals surface area contributed by atoms with Crippen LogP contribution in [0.5, 0.6) is 0 Å². The van der Waals surface area contributed by atoms with Crippen molar-refractivity contribution in [2.75, 3.05) is 0 Å². The summed E-state index contributed by atoms with van der Waals surface area (Å²) in [4.78, 5) is 0. The molecule has 0 unspecified atom stereocenters. The molecule has 1 fully saturated rings. The van der Waals surface area contributed by atoms with Crippen LogP contribution in [0, 0.1) is 5.82 Å². The fraction of sp³-hybridized carbons (Fsp3) is 0.429. The fourth-order valence-corrected chi connectivity index (χ4v) is 2.94. The highest BCUT2D eigenvalue weighted by Crippen LogP contribution is 2.34. The van der Waals surface area contributed by atoms with Gasteiger partial charge in [-0.15, -0.1) is 10.2 Å². The second-order valence-electron chi connectivity index (χ2n) is 4.90. The van der Waals surface area contributed by atoms with Crippen molar-refractivity contribution in [2.45, 2.75) is 38.0 Å². The molecular weight excluding hydrogens is 311 g/mol. The van der Waals surface area contributed by atoms with Gasteiger partial charge in [-0.3, -0.25) is 0 Å². The van der Waals surface area contributed by atoms with Crippen LogP contribution in [0.4, 0.5) is 4.39 Å². The van der Waals surface area contributed by atoms with Crippen molar-refractivity contribution in [2.24, 2.45) is 0 Å². The van der Waals surface area contributed by atoms with Crippen molar-refractivity contribution in [3.05, 3.63) is 34.4 Å². The zero-order chi connectivity index (χ0) is 13.2. The summed E-state index contributed by atoms with van der Waals surface area (Å²) in [6.07, 6.45) is 5.92. The molecule has 0 N–H and O–H groups in total. The number of aromatic nitrogens is 2. The molecule has 3 rings (SSSR count). The highest BCUT2D eigenvalue weighted by molar-refractivity contribution is 9.10. The van der Waals surface area contributed by atoms with Gasteiger partial charge in [-0.25, -0.2) is 4.39 Å². The summed E-state index contributed by atoms with van der Waals surface area (Å²) in [6.45, 7) is 0. The maximum Gasteiger partial charge on any atom is 0.248 e. The summed E-state index contributed by atoms with van der Waals surface area (Å²) in [5.74, 6) is 1.12. The van der Waals surface area contributed by atoms with Gasteiger partial charge in [-0.2, -0.15) is 0 Å². The Hall–Kier alpha value is -1.23. The summed E-state index contributed by atoms with van der Waals surface area (Å²) >= 11 is 3.38. The lowest BCUT2D eigenvalue weighted by Crippen LogP contribution is -2.04. The second-order valence-corrected chi connectivity index (χ2v) is 5.76. The maximum absolute atomic E-state index is 13.3. The molecule has 1 aromatic heterocycles. The van der Waals surface area contributed by atoms with E-state index in [1.54, 1.807) is 6.07 Å². The van der Waals surface area contributed by atoms with Gasteiger partial charge in [0.05, 0.1) is 5.56 Å². The number of hydrogen-bond acceptors (Lipinski definition) is 3. The van der Waals surface area contributed by atoms with Crippen LogP contribution in [0.1, 0.15) is 43.9 Å². The molecule has 1 aliphatic carbocycles. The Morgan fingerprint density at radius 1 is 1.16 bits per heavy atom. The standard InChI is InChI=1S/C14H14BrFN2O/c15-12-7-6-10(16)8-11(12)14-18-17-13(19-14)9-4-2-1-3-5-9/h6-9H,1-5H2. The molecule has 0 saturated heterocycles. The van der Waals surface area contributed by atoms with E-state index in [-0.39, 0.29) is 5.82 Å². The molecule has 1 saturated carbocycles. The van der Waals surface area contributed by atoms with Gasteiger partial charge < -0.3 is 4.42 Å². The third-order valence-electron chi connectivity index (χ3n) is 3.55. The van der Waals surface area contributed by atoms with Crippen LogP contribution in [0.15, 0.2) is 27.1 Å². The molecule has 1 aliphatic rings. The molecule has 0 radical (unpaired) electrons. The minimum atomic E-state index is -0.310. The van der Waals surface area contributed by atoms with E-state index < -0.39 is 0 Å². The van der Waals surface area contributed by atoms with E-state index in [0.29, 0.717) is 23.3 Å². The zero-order valence-corrected chi connectivity index (χ0v) is 12.0. The zero-order valence-electron chi connectivity index (χ0n) is 10.4. The Balaban J connectivity index is 1.89. The van der Waals surface area contributed by atoms with Gasteiger partial charge in [0.2, 0.25) is 11.8 Å². The van der Waals surface area contributed by atoms with E-state index in [9.17, 15) is 4.39 Å². The molecule has 0 atom stereocenters. The fourth-order valence-electron chi connectivity index (χ4n) is 2.52. The highest BCUT2D eigenvalue weighted by atomic mass is 79.9. The Morgan fingerprint density at radius 3 is 2.74 bits per heavy atom. The Labute approximate surface area is 119 Å². The topological polar surface area (TPSA) is 38.9 Å². The summed E-state index contributed by atoms with van der Waals surface area (Å²) in [5.41, 5.74) is 0.606. The van der Waals surface area contributed by atoms with E-state index in [4.69, 9.17) is 4.42 Å². The summed E-state index contributed by atoms with van der Waals surface area (Å²) in [5, 5.41) is 8.18. The monoisotopic (exact) mass is 324 g/mol. The van der Waals surface area contributed by atoms with Gasteiger partial charge in [0.25, 0.3) is 0 Å². The summed E-state index contributed by atoms with van der Waals surface area (Å²) in [7, 11) is 0. The molecule has 2 aromatic rings. The van der Waals surface area contributed by atoms with Crippen molar-refractivity contribution in [3.8, 4) is 11.5 Å². The third-order valence-corrected chi connectivity index (χ3v) is 4.25. The normalized spacial score (nSPS) is 16.7. The first-order valence-electron chi connectivity index (χ1n) is 6.53. The van der Waals surface area contributed by atoms with Crippen molar-refractivity contribution < 1.29 is 8.81 Å². The van der Waals surface area contributed by atoms with Crippen molar-refractivity contribution in [1.29, 1.82) is 0 Å². The van der Waals surface area contributed by atoms with Crippen LogP contribution in [0.2, 0.25) is 0 Å². The van der Waals surface area contributed by atoms with Crippen LogP contribution in [0.25, 0.3) is 11.5 Å². The molecule has 0 bridgehead atoms. The number of nitrogens with zero attached hydrogens (tertiary/aromatic N) is 2. The van der Waals surface area contributed by atoms with Gasteiger partial charge in [0.1, 0.15) is 5.82 Å². The van der Waals surface area contributed by atoms with Gasteiger partial charge in [-0.1, -0.05) is 19.3 Å². The molecule has 0 aliphatic heterocycles. The first-order chi connectivity index (χ1) is 9.24. The average Bonchev–Trinajstić information content (AvgIpc) is 2.92. The SMILES string of the molecule is Fc1ccc(Br)c(-c2nnc(C3CCCCC3)o2)c1. The predicted octanol–water partition coefficient (Wildman–Crippen LogP) is 4.69. The maximum atomic E-state index is 13.3. The van der Waals surface area contributed by atoms with Crippen molar-refractivity contribution in [3.63, 3.8) is 0 Å². The minimum absolute atomic E-state index is 0.310. The summed E-state index contributed by atoms with van der Waals surface area (Å²) < 4.78 is 19.8. The number of benzene rings is 1. The van der Waals surface area contributed by atoms with E-state index in [1.165, 1.54) is 31.4 Å². The lowest BCUT2D eigenvalue weighted by atomic mass is 9.89. The molecule has 1 heterocycles. The number of hydrogen-bond donors (Lipinski definition) is 0. The molecule has 5 heteroatoms. The van der Waals surface area contributed by atoms with Gasteiger partial charge in [0, 0.05) is 10.4 Å². The molecule has 19 heavy (non-hydrogen) atoms. The number of halogens is 2.